The van der Waals surface area contributed by atoms with Gasteiger partial charge in [0.05, 0.1) is 0 Å². The Bertz CT molecular complexity index is 779. The van der Waals surface area contributed by atoms with Gasteiger partial charge in [-0.15, -0.1) is 0 Å². The highest BCUT2D eigenvalue weighted by Gasteiger charge is 2.09. The first-order chi connectivity index (χ1) is 11.3. The third kappa shape index (κ3) is 4.17. The molecule has 0 aliphatic rings. The summed E-state index contributed by atoms with van der Waals surface area (Å²) in [6.45, 7) is 17.3. The lowest BCUT2D eigenvalue weighted by Gasteiger charge is -2.16. The third-order valence-electron chi connectivity index (χ3n) is 4.51. The lowest BCUT2D eigenvalue weighted by Crippen LogP contribution is -2.02. The van der Waals surface area contributed by atoms with E-state index in [9.17, 15) is 0 Å². The van der Waals surface area contributed by atoms with Gasteiger partial charge in [-0.1, -0.05) is 50.8 Å². The SMILES string of the molecule is C=C(Nc1ccc(C)c(C)c1)c1ccc(C)c(/C=C\C(C)C)c1C. The van der Waals surface area contributed by atoms with Crippen LogP contribution in [0.3, 0.4) is 0 Å². The first-order valence-corrected chi connectivity index (χ1v) is 8.61. The molecule has 0 aliphatic carbocycles. The number of hydrogen-bond donors (Lipinski definition) is 1. The Morgan fingerprint density at radius 2 is 1.62 bits per heavy atom. The van der Waals surface area contributed by atoms with Crippen LogP contribution in [-0.4, -0.2) is 0 Å². The van der Waals surface area contributed by atoms with Gasteiger partial charge in [-0.2, -0.15) is 0 Å². The summed E-state index contributed by atoms with van der Waals surface area (Å²) in [5.41, 5.74) is 9.65. The molecule has 1 nitrogen and oxygen atoms in total. The van der Waals surface area contributed by atoms with Gasteiger partial charge in [0.1, 0.15) is 0 Å². The minimum absolute atomic E-state index is 0.546. The van der Waals surface area contributed by atoms with Gasteiger partial charge in [0, 0.05) is 16.9 Å². The molecule has 2 rings (SSSR count). The number of hydrogen-bond acceptors (Lipinski definition) is 1. The van der Waals surface area contributed by atoms with Crippen molar-refractivity contribution in [2.24, 2.45) is 5.92 Å². The molecule has 24 heavy (non-hydrogen) atoms. The monoisotopic (exact) mass is 319 g/mol. The Morgan fingerprint density at radius 1 is 0.958 bits per heavy atom. The smallest absolute Gasteiger partial charge is 0.0387 e. The summed E-state index contributed by atoms with van der Waals surface area (Å²) in [6.07, 6.45) is 4.49. The molecular weight excluding hydrogens is 290 g/mol. The molecular formula is C23H29N. The van der Waals surface area contributed by atoms with Crippen LogP contribution in [0.5, 0.6) is 0 Å². The van der Waals surface area contributed by atoms with Crippen LogP contribution in [0.1, 0.15) is 47.2 Å². The second kappa shape index (κ2) is 7.53. The van der Waals surface area contributed by atoms with E-state index in [1.807, 2.05) is 0 Å². The zero-order valence-electron chi connectivity index (χ0n) is 15.8. The van der Waals surface area contributed by atoms with Gasteiger partial charge in [0.25, 0.3) is 0 Å². The van der Waals surface area contributed by atoms with E-state index >= 15 is 0 Å². The fourth-order valence-electron chi connectivity index (χ4n) is 2.80. The summed E-state index contributed by atoms with van der Waals surface area (Å²) in [4.78, 5) is 0. The fourth-order valence-corrected chi connectivity index (χ4v) is 2.80. The summed E-state index contributed by atoms with van der Waals surface area (Å²) in [5, 5.41) is 3.46. The molecule has 0 saturated heterocycles. The first kappa shape index (κ1) is 18.1. The van der Waals surface area contributed by atoms with Crippen molar-refractivity contribution in [2.45, 2.75) is 41.5 Å². The standard InChI is InChI=1S/C23H29N/c1-15(2)8-12-22-17(4)10-13-23(19(22)6)20(7)24-21-11-9-16(3)18(5)14-21/h8-15,24H,7H2,1-6H3/b12-8-. The molecule has 0 aromatic heterocycles. The maximum atomic E-state index is 4.26. The molecule has 0 heterocycles. The molecule has 0 aliphatic heterocycles. The van der Waals surface area contributed by atoms with Crippen LogP contribution in [0, 0.1) is 33.6 Å². The van der Waals surface area contributed by atoms with Crippen LogP contribution in [0.4, 0.5) is 5.69 Å². The molecule has 0 radical (unpaired) electrons. The Morgan fingerprint density at radius 3 is 2.25 bits per heavy atom. The topological polar surface area (TPSA) is 12.0 Å². The minimum Gasteiger partial charge on any atom is -0.356 e. The average Bonchev–Trinajstić information content (AvgIpc) is 2.50. The molecule has 0 amide bonds. The Balaban J connectivity index is 2.32. The van der Waals surface area contributed by atoms with E-state index in [4.69, 9.17) is 0 Å². The van der Waals surface area contributed by atoms with Crippen LogP contribution in [0.2, 0.25) is 0 Å². The second-order valence-electron chi connectivity index (χ2n) is 6.97. The van der Waals surface area contributed by atoms with Crippen molar-refractivity contribution >= 4 is 17.5 Å². The number of rotatable bonds is 5. The van der Waals surface area contributed by atoms with Crippen molar-refractivity contribution < 1.29 is 0 Å². The van der Waals surface area contributed by atoms with Gasteiger partial charge in [0.15, 0.2) is 0 Å². The first-order valence-electron chi connectivity index (χ1n) is 8.61. The number of benzene rings is 2. The van der Waals surface area contributed by atoms with Crippen molar-refractivity contribution in [1.29, 1.82) is 0 Å². The van der Waals surface area contributed by atoms with Crippen LogP contribution >= 0.6 is 0 Å². The molecule has 1 N–H and O–H groups in total. The molecule has 0 saturated carbocycles. The van der Waals surface area contributed by atoms with Crippen molar-refractivity contribution in [3.63, 3.8) is 0 Å². The van der Waals surface area contributed by atoms with E-state index in [0.717, 1.165) is 11.4 Å². The predicted octanol–water partition coefficient (Wildman–Crippen LogP) is 6.67. The molecule has 0 unspecified atom stereocenters. The molecule has 0 bridgehead atoms. The minimum atomic E-state index is 0.546. The van der Waals surface area contributed by atoms with Crippen molar-refractivity contribution in [3.8, 4) is 0 Å². The Hall–Kier alpha value is -2.28. The number of aryl methyl sites for hydroxylation is 3. The maximum Gasteiger partial charge on any atom is 0.0387 e. The average molecular weight is 319 g/mol. The molecule has 2 aromatic rings. The summed E-state index contributed by atoms with van der Waals surface area (Å²) in [5.74, 6) is 0.546. The van der Waals surface area contributed by atoms with Crippen molar-refractivity contribution in [3.05, 3.63) is 76.4 Å². The number of anilines is 1. The number of allylic oxidation sites excluding steroid dienone is 1. The van der Waals surface area contributed by atoms with Gasteiger partial charge < -0.3 is 5.32 Å². The zero-order chi connectivity index (χ0) is 17.9. The third-order valence-corrected chi connectivity index (χ3v) is 4.51. The highest BCUT2D eigenvalue weighted by molar-refractivity contribution is 5.79. The van der Waals surface area contributed by atoms with Crippen LogP contribution in [-0.2, 0) is 0 Å². The fraction of sp³-hybridized carbons (Fsp3) is 0.304. The summed E-state index contributed by atoms with van der Waals surface area (Å²) in [6, 6.07) is 10.8. The van der Waals surface area contributed by atoms with Crippen LogP contribution < -0.4 is 5.32 Å². The van der Waals surface area contributed by atoms with E-state index in [1.54, 1.807) is 0 Å². The summed E-state index contributed by atoms with van der Waals surface area (Å²) >= 11 is 0. The largest absolute Gasteiger partial charge is 0.356 e. The summed E-state index contributed by atoms with van der Waals surface area (Å²) in [7, 11) is 0. The van der Waals surface area contributed by atoms with Crippen LogP contribution in [0.15, 0.2) is 43.0 Å². The van der Waals surface area contributed by atoms with E-state index in [-0.39, 0.29) is 0 Å². The van der Waals surface area contributed by atoms with Crippen molar-refractivity contribution in [2.75, 3.05) is 5.32 Å². The molecule has 2 aromatic carbocycles. The van der Waals surface area contributed by atoms with Gasteiger partial charge in [-0.3, -0.25) is 0 Å². The highest BCUT2D eigenvalue weighted by Crippen LogP contribution is 2.27. The van der Waals surface area contributed by atoms with E-state index in [2.05, 4.69) is 95.9 Å². The zero-order valence-corrected chi connectivity index (χ0v) is 15.8. The highest BCUT2D eigenvalue weighted by atomic mass is 14.9. The maximum absolute atomic E-state index is 4.26. The van der Waals surface area contributed by atoms with Gasteiger partial charge in [-0.05, 0) is 73.6 Å². The Kier molecular flexibility index (Phi) is 5.66. The quantitative estimate of drug-likeness (QED) is 0.648. The Labute approximate surface area is 147 Å². The van der Waals surface area contributed by atoms with E-state index < -0.39 is 0 Å². The van der Waals surface area contributed by atoms with Gasteiger partial charge in [0.2, 0.25) is 0 Å². The molecule has 0 fully saturated rings. The molecule has 0 spiro atoms. The molecule has 1 heteroatoms. The van der Waals surface area contributed by atoms with Crippen molar-refractivity contribution in [1.82, 2.24) is 0 Å². The lowest BCUT2D eigenvalue weighted by molar-refractivity contribution is 0.836. The van der Waals surface area contributed by atoms with Gasteiger partial charge in [-0.25, -0.2) is 0 Å². The van der Waals surface area contributed by atoms with E-state index in [0.29, 0.717) is 5.92 Å². The van der Waals surface area contributed by atoms with Crippen LogP contribution in [0.25, 0.3) is 11.8 Å². The second-order valence-corrected chi connectivity index (χ2v) is 6.97. The predicted molar refractivity (Wildman–Crippen MR) is 108 cm³/mol. The van der Waals surface area contributed by atoms with E-state index in [1.165, 1.54) is 33.4 Å². The molecule has 0 atom stereocenters. The molecule has 126 valence electrons. The normalized spacial score (nSPS) is 11.3. The number of nitrogens with one attached hydrogen (secondary N) is 1. The lowest BCUT2D eigenvalue weighted by atomic mass is 9.95. The van der Waals surface area contributed by atoms with Gasteiger partial charge >= 0.3 is 0 Å². The summed E-state index contributed by atoms with van der Waals surface area (Å²) < 4.78 is 0.